The SMILES string of the molecule is Cc1c(Cl)cc(NC(=O)C[C@@H]2COC(=O)C2)cc1Cl. The molecule has 19 heavy (non-hydrogen) atoms. The third-order valence-corrected chi connectivity index (χ3v) is 3.76. The second kappa shape index (κ2) is 5.80. The lowest BCUT2D eigenvalue weighted by Crippen LogP contribution is -2.16. The average Bonchev–Trinajstić information content (AvgIpc) is 2.71. The van der Waals surface area contributed by atoms with Gasteiger partial charge in [0, 0.05) is 28.1 Å². The highest BCUT2D eigenvalue weighted by molar-refractivity contribution is 6.36. The molecule has 0 bridgehead atoms. The lowest BCUT2D eigenvalue weighted by atomic mass is 10.0. The van der Waals surface area contributed by atoms with Crippen molar-refractivity contribution in [3.63, 3.8) is 0 Å². The van der Waals surface area contributed by atoms with Crippen molar-refractivity contribution >= 4 is 40.8 Å². The van der Waals surface area contributed by atoms with Crippen molar-refractivity contribution in [3.8, 4) is 0 Å². The van der Waals surface area contributed by atoms with Gasteiger partial charge in [-0.15, -0.1) is 0 Å². The van der Waals surface area contributed by atoms with Crippen molar-refractivity contribution in [2.75, 3.05) is 11.9 Å². The first-order chi connectivity index (χ1) is 8.95. The van der Waals surface area contributed by atoms with Gasteiger partial charge in [-0.25, -0.2) is 0 Å². The number of halogens is 2. The zero-order chi connectivity index (χ0) is 14.0. The molecule has 1 aromatic carbocycles. The monoisotopic (exact) mass is 301 g/mol. The molecule has 1 aliphatic heterocycles. The van der Waals surface area contributed by atoms with Crippen molar-refractivity contribution < 1.29 is 14.3 Å². The predicted octanol–water partition coefficient (Wildman–Crippen LogP) is 3.19. The number of benzene rings is 1. The molecular weight excluding hydrogens is 289 g/mol. The standard InChI is InChI=1S/C13H13Cl2NO3/c1-7-10(14)4-9(5-11(7)15)16-12(17)2-8-3-13(18)19-6-8/h4-5,8H,2-3,6H2,1H3,(H,16,17)/t8-/m0/s1. The molecule has 1 amide bonds. The van der Waals surface area contributed by atoms with E-state index in [0.29, 0.717) is 28.8 Å². The van der Waals surface area contributed by atoms with E-state index in [9.17, 15) is 9.59 Å². The Bertz CT molecular complexity index is 508. The van der Waals surface area contributed by atoms with Crippen LogP contribution in [0.15, 0.2) is 12.1 Å². The molecule has 1 fully saturated rings. The summed E-state index contributed by atoms with van der Waals surface area (Å²) in [6.45, 7) is 2.11. The van der Waals surface area contributed by atoms with Gasteiger partial charge in [0.15, 0.2) is 0 Å². The fraction of sp³-hybridized carbons (Fsp3) is 0.385. The van der Waals surface area contributed by atoms with E-state index in [4.69, 9.17) is 27.9 Å². The number of cyclic esters (lactones) is 1. The molecule has 0 aliphatic carbocycles. The molecule has 0 aromatic heterocycles. The predicted molar refractivity (Wildman–Crippen MR) is 73.5 cm³/mol. The second-order valence-electron chi connectivity index (χ2n) is 4.57. The fourth-order valence-electron chi connectivity index (χ4n) is 1.89. The molecule has 1 saturated heterocycles. The van der Waals surface area contributed by atoms with Gasteiger partial charge in [0.1, 0.15) is 0 Å². The van der Waals surface area contributed by atoms with Gasteiger partial charge in [-0.05, 0) is 24.6 Å². The lowest BCUT2D eigenvalue weighted by molar-refractivity contribution is -0.138. The smallest absolute Gasteiger partial charge is 0.306 e. The van der Waals surface area contributed by atoms with Gasteiger partial charge < -0.3 is 10.1 Å². The molecule has 1 heterocycles. The van der Waals surface area contributed by atoms with E-state index in [1.165, 1.54) is 0 Å². The molecule has 0 saturated carbocycles. The molecule has 1 N–H and O–H groups in total. The highest BCUT2D eigenvalue weighted by Gasteiger charge is 2.25. The zero-order valence-corrected chi connectivity index (χ0v) is 11.8. The van der Waals surface area contributed by atoms with Crippen LogP contribution in [0.4, 0.5) is 5.69 Å². The van der Waals surface area contributed by atoms with Crippen LogP contribution in [0.2, 0.25) is 10.0 Å². The minimum Gasteiger partial charge on any atom is -0.465 e. The zero-order valence-electron chi connectivity index (χ0n) is 10.3. The third-order valence-electron chi connectivity index (χ3n) is 2.97. The van der Waals surface area contributed by atoms with E-state index in [2.05, 4.69) is 5.32 Å². The first kappa shape index (κ1) is 14.2. The van der Waals surface area contributed by atoms with Gasteiger partial charge in [-0.2, -0.15) is 0 Å². The van der Waals surface area contributed by atoms with Gasteiger partial charge >= 0.3 is 5.97 Å². The van der Waals surface area contributed by atoms with Gasteiger partial charge in [0.2, 0.25) is 5.91 Å². The van der Waals surface area contributed by atoms with Crippen LogP contribution in [0.1, 0.15) is 18.4 Å². The first-order valence-corrected chi connectivity index (χ1v) is 6.62. The minimum atomic E-state index is -0.251. The number of anilines is 1. The Kier molecular flexibility index (Phi) is 4.32. The summed E-state index contributed by atoms with van der Waals surface area (Å²) in [5, 5.41) is 3.72. The van der Waals surface area contributed by atoms with Gasteiger partial charge in [-0.3, -0.25) is 9.59 Å². The summed E-state index contributed by atoms with van der Waals surface area (Å²) in [7, 11) is 0. The number of nitrogens with one attached hydrogen (secondary N) is 1. The van der Waals surface area contributed by atoms with E-state index in [1.54, 1.807) is 19.1 Å². The van der Waals surface area contributed by atoms with E-state index in [1.807, 2.05) is 0 Å². The molecule has 0 unspecified atom stereocenters. The summed E-state index contributed by atoms with van der Waals surface area (Å²) >= 11 is 12.0. The third kappa shape index (κ3) is 3.61. The summed E-state index contributed by atoms with van der Waals surface area (Å²) in [6.07, 6.45) is 0.539. The molecule has 1 aliphatic rings. The quantitative estimate of drug-likeness (QED) is 0.872. The minimum absolute atomic E-state index is 0.0520. The van der Waals surface area contributed by atoms with E-state index in [0.717, 1.165) is 5.56 Å². The fourth-order valence-corrected chi connectivity index (χ4v) is 2.37. The number of carbonyl (C=O) groups excluding carboxylic acids is 2. The van der Waals surface area contributed by atoms with E-state index >= 15 is 0 Å². The van der Waals surface area contributed by atoms with E-state index in [-0.39, 0.29) is 24.2 Å². The number of hydrogen-bond donors (Lipinski definition) is 1. The van der Waals surface area contributed by atoms with Crippen molar-refractivity contribution in [2.24, 2.45) is 5.92 Å². The number of carbonyl (C=O) groups is 2. The largest absolute Gasteiger partial charge is 0.465 e. The van der Waals surface area contributed by atoms with Crippen molar-refractivity contribution in [1.29, 1.82) is 0 Å². The van der Waals surface area contributed by atoms with Gasteiger partial charge in [0.05, 0.1) is 13.0 Å². The average molecular weight is 302 g/mol. The maximum absolute atomic E-state index is 11.8. The van der Waals surface area contributed by atoms with Crippen molar-refractivity contribution in [1.82, 2.24) is 0 Å². The topological polar surface area (TPSA) is 55.4 Å². The molecule has 6 heteroatoms. The molecular formula is C13H13Cl2NO3. The summed E-state index contributed by atoms with van der Waals surface area (Å²) in [4.78, 5) is 22.7. The van der Waals surface area contributed by atoms with Gasteiger partial charge in [-0.1, -0.05) is 23.2 Å². The molecule has 1 atom stereocenters. The van der Waals surface area contributed by atoms with Crippen LogP contribution in [0.3, 0.4) is 0 Å². The molecule has 1 aromatic rings. The Labute approximate surface area is 121 Å². The highest BCUT2D eigenvalue weighted by Crippen LogP contribution is 2.28. The van der Waals surface area contributed by atoms with Crippen LogP contribution < -0.4 is 5.32 Å². The molecule has 0 radical (unpaired) electrons. The van der Waals surface area contributed by atoms with Crippen LogP contribution >= 0.6 is 23.2 Å². The molecule has 4 nitrogen and oxygen atoms in total. The number of hydrogen-bond acceptors (Lipinski definition) is 3. The number of esters is 1. The Morgan fingerprint density at radius 3 is 2.58 bits per heavy atom. The highest BCUT2D eigenvalue weighted by atomic mass is 35.5. The number of amides is 1. The number of rotatable bonds is 3. The Hall–Kier alpha value is -1.26. The van der Waals surface area contributed by atoms with Crippen molar-refractivity contribution in [2.45, 2.75) is 19.8 Å². The number of ether oxygens (including phenoxy) is 1. The lowest BCUT2D eigenvalue weighted by Gasteiger charge is -2.10. The normalized spacial score (nSPS) is 18.3. The maximum Gasteiger partial charge on any atom is 0.306 e. The summed E-state index contributed by atoms with van der Waals surface area (Å²) in [5.74, 6) is -0.484. The summed E-state index contributed by atoms with van der Waals surface area (Å²) < 4.78 is 4.81. The Morgan fingerprint density at radius 1 is 1.42 bits per heavy atom. The summed E-state index contributed by atoms with van der Waals surface area (Å²) in [6, 6.07) is 3.30. The van der Waals surface area contributed by atoms with Crippen LogP contribution in [0.5, 0.6) is 0 Å². The molecule has 2 rings (SSSR count). The van der Waals surface area contributed by atoms with E-state index < -0.39 is 0 Å². The maximum atomic E-state index is 11.8. The molecule has 0 spiro atoms. The first-order valence-electron chi connectivity index (χ1n) is 5.87. The second-order valence-corrected chi connectivity index (χ2v) is 5.38. The van der Waals surface area contributed by atoms with Crippen LogP contribution in [0, 0.1) is 12.8 Å². The summed E-state index contributed by atoms with van der Waals surface area (Å²) in [5.41, 5.74) is 1.33. The van der Waals surface area contributed by atoms with Crippen LogP contribution in [-0.2, 0) is 14.3 Å². The van der Waals surface area contributed by atoms with Crippen molar-refractivity contribution in [3.05, 3.63) is 27.7 Å². The Morgan fingerprint density at radius 2 is 2.05 bits per heavy atom. The Balaban J connectivity index is 1.97. The van der Waals surface area contributed by atoms with Crippen LogP contribution in [-0.4, -0.2) is 18.5 Å². The van der Waals surface area contributed by atoms with Crippen LogP contribution in [0.25, 0.3) is 0 Å². The van der Waals surface area contributed by atoms with Gasteiger partial charge in [0.25, 0.3) is 0 Å². The molecule has 102 valence electrons.